The molecule has 0 spiro atoms. The summed E-state index contributed by atoms with van der Waals surface area (Å²) in [5.74, 6) is 1.10. The Balaban J connectivity index is 1.44. The fourth-order valence-electron chi connectivity index (χ4n) is 4.24. The molecule has 6 heteroatoms. The van der Waals surface area contributed by atoms with Gasteiger partial charge in [-0.3, -0.25) is 14.2 Å². The number of nitrogens with one attached hydrogen (secondary N) is 1. The lowest BCUT2D eigenvalue weighted by Crippen LogP contribution is -2.51. The molecule has 1 fully saturated rings. The van der Waals surface area contributed by atoms with Crippen molar-refractivity contribution in [2.45, 2.75) is 39.8 Å². The van der Waals surface area contributed by atoms with Gasteiger partial charge in [0.15, 0.2) is 0 Å². The molecule has 178 valence electrons. The quantitative estimate of drug-likeness (QED) is 0.576. The highest BCUT2D eigenvalue weighted by molar-refractivity contribution is 5.94. The highest BCUT2D eigenvalue weighted by atomic mass is 16.5. The smallest absolute Gasteiger partial charge is 0.255 e. The number of rotatable bonds is 7. The van der Waals surface area contributed by atoms with Crippen LogP contribution in [-0.2, 0) is 6.61 Å². The maximum atomic E-state index is 13.0. The van der Waals surface area contributed by atoms with Crippen molar-refractivity contribution in [2.75, 3.05) is 19.6 Å². The molecule has 1 amide bonds. The SMILES string of the molecule is CCN1CCC(C)C(NC(=O)c2ccc(=O)n(-c3ccc(COc4ccc(C)cc4)cc3)c2)C1. The number of likely N-dealkylation sites (N-methyl/N-ethyl adjacent to an activating group) is 1. The molecular formula is C28H33N3O3. The van der Waals surface area contributed by atoms with E-state index in [2.05, 4.69) is 24.1 Å². The molecule has 0 aliphatic carbocycles. The van der Waals surface area contributed by atoms with Crippen molar-refractivity contribution in [2.24, 2.45) is 5.92 Å². The lowest BCUT2D eigenvalue weighted by molar-refractivity contribution is 0.0865. The van der Waals surface area contributed by atoms with Crippen molar-refractivity contribution in [3.05, 3.63) is 93.9 Å². The Hall–Kier alpha value is -3.38. The summed E-state index contributed by atoms with van der Waals surface area (Å²) < 4.78 is 7.35. The molecule has 34 heavy (non-hydrogen) atoms. The van der Waals surface area contributed by atoms with Gasteiger partial charge < -0.3 is 15.0 Å². The molecule has 1 aromatic heterocycles. The van der Waals surface area contributed by atoms with Gasteiger partial charge in [0, 0.05) is 30.5 Å². The number of pyridine rings is 1. The fourth-order valence-corrected chi connectivity index (χ4v) is 4.24. The topological polar surface area (TPSA) is 63.6 Å². The Morgan fingerprint density at radius 2 is 1.79 bits per heavy atom. The van der Waals surface area contributed by atoms with E-state index in [9.17, 15) is 9.59 Å². The van der Waals surface area contributed by atoms with Crippen LogP contribution in [0.5, 0.6) is 5.75 Å². The van der Waals surface area contributed by atoms with Gasteiger partial charge in [-0.05, 0) is 68.2 Å². The second-order valence-corrected chi connectivity index (χ2v) is 9.13. The summed E-state index contributed by atoms with van der Waals surface area (Å²) in [7, 11) is 0. The van der Waals surface area contributed by atoms with E-state index < -0.39 is 0 Å². The van der Waals surface area contributed by atoms with Gasteiger partial charge in [-0.15, -0.1) is 0 Å². The van der Waals surface area contributed by atoms with Crippen LogP contribution in [0.3, 0.4) is 0 Å². The summed E-state index contributed by atoms with van der Waals surface area (Å²) in [5.41, 5.74) is 3.20. The second kappa shape index (κ2) is 10.7. The highest BCUT2D eigenvalue weighted by Gasteiger charge is 2.27. The van der Waals surface area contributed by atoms with Crippen molar-refractivity contribution in [3.63, 3.8) is 0 Å². The molecular weight excluding hydrogens is 426 g/mol. The van der Waals surface area contributed by atoms with E-state index in [0.29, 0.717) is 23.8 Å². The van der Waals surface area contributed by atoms with E-state index in [4.69, 9.17) is 4.74 Å². The third-order valence-electron chi connectivity index (χ3n) is 6.62. The van der Waals surface area contributed by atoms with E-state index >= 15 is 0 Å². The molecule has 1 aliphatic heterocycles. The van der Waals surface area contributed by atoms with E-state index in [1.54, 1.807) is 12.3 Å². The maximum absolute atomic E-state index is 13.0. The molecule has 1 aliphatic rings. The van der Waals surface area contributed by atoms with Crippen molar-refractivity contribution in [1.82, 2.24) is 14.8 Å². The maximum Gasteiger partial charge on any atom is 0.255 e. The number of likely N-dealkylation sites (tertiary alicyclic amines) is 1. The summed E-state index contributed by atoms with van der Waals surface area (Å²) in [6.07, 6.45) is 2.69. The first-order valence-corrected chi connectivity index (χ1v) is 12.0. The van der Waals surface area contributed by atoms with Gasteiger partial charge in [0.05, 0.1) is 5.56 Å². The van der Waals surface area contributed by atoms with Crippen LogP contribution >= 0.6 is 0 Å². The highest BCUT2D eigenvalue weighted by Crippen LogP contribution is 2.18. The summed E-state index contributed by atoms with van der Waals surface area (Å²) >= 11 is 0. The standard InChI is InChI=1S/C28H33N3O3/c1-4-30-16-15-21(3)26(18-30)29-28(33)23-9-14-27(32)31(17-23)24-10-7-22(8-11-24)19-34-25-12-5-20(2)6-13-25/h5-14,17,21,26H,4,15-16,18-19H2,1-3H3,(H,29,33). The number of carbonyl (C=O) groups excluding carboxylic acids is 1. The number of carbonyl (C=O) groups is 1. The molecule has 2 atom stereocenters. The number of nitrogens with zero attached hydrogens (tertiary/aromatic N) is 2. The zero-order valence-electron chi connectivity index (χ0n) is 20.2. The number of hydrogen-bond acceptors (Lipinski definition) is 4. The molecule has 1 saturated heterocycles. The van der Waals surface area contributed by atoms with Gasteiger partial charge in [0.25, 0.3) is 11.5 Å². The molecule has 2 aromatic carbocycles. The lowest BCUT2D eigenvalue weighted by Gasteiger charge is -2.36. The Kier molecular flexibility index (Phi) is 7.48. The van der Waals surface area contributed by atoms with Gasteiger partial charge >= 0.3 is 0 Å². The predicted molar refractivity (Wildman–Crippen MR) is 135 cm³/mol. The number of aryl methyl sites for hydroxylation is 1. The van der Waals surface area contributed by atoms with Gasteiger partial charge in [-0.2, -0.15) is 0 Å². The van der Waals surface area contributed by atoms with E-state index in [1.165, 1.54) is 16.2 Å². The Bertz CT molecular complexity index is 1170. The van der Waals surface area contributed by atoms with Gasteiger partial charge in [-0.25, -0.2) is 0 Å². The molecule has 6 nitrogen and oxygen atoms in total. The molecule has 0 bridgehead atoms. The van der Waals surface area contributed by atoms with Crippen LogP contribution in [0.1, 0.15) is 41.8 Å². The zero-order chi connectivity index (χ0) is 24.1. The first-order valence-electron chi connectivity index (χ1n) is 12.0. The number of aromatic nitrogens is 1. The summed E-state index contributed by atoms with van der Waals surface area (Å²) in [4.78, 5) is 27.9. The van der Waals surface area contributed by atoms with Gasteiger partial charge in [-0.1, -0.05) is 43.7 Å². The minimum Gasteiger partial charge on any atom is -0.489 e. The Labute approximate surface area is 201 Å². The molecule has 2 heterocycles. The van der Waals surface area contributed by atoms with E-state index in [-0.39, 0.29) is 17.5 Å². The molecule has 3 aromatic rings. The monoisotopic (exact) mass is 459 g/mol. The lowest BCUT2D eigenvalue weighted by atomic mass is 9.93. The molecule has 0 saturated carbocycles. The fraction of sp³-hybridized carbons (Fsp3) is 0.357. The van der Waals surface area contributed by atoms with Gasteiger partial charge in [0.2, 0.25) is 0 Å². The van der Waals surface area contributed by atoms with E-state index in [1.807, 2.05) is 55.5 Å². The molecule has 4 rings (SSSR count). The summed E-state index contributed by atoms with van der Waals surface area (Å²) in [6.45, 7) is 9.72. The van der Waals surface area contributed by atoms with Crippen LogP contribution in [0.4, 0.5) is 0 Å². The van der Waals surface area contributed by atoms with Crippen LogP contribution in [0.25, 0.3) is 5.69 Å². The van der Waals surface area contributed by atoms with Crippen molar-refractivity contribution in [3.8, 4) is 11.4 Å². The molecule has 0 radical (unpaired) electrons. The molecule has 1 N–H and O–H groups in total. The van der Waals surface area contributed by atoms with Crippen LogP contribution in [-0.4, -0.2) is 41.1 Å². The average Bonchev–Trinajstić information content (AvgIpc) is 2.85. The van der Waals surface area contributed by atoms with E-state index in [0.717, 1.165) is 37.4 Å². The summed E-state index contributed by atoms with van der Waals surface area (Å²) in [5, 5.41) is 3.18. The minimum absolute atomic E-state index is 0.106. The first-order chi connectivity index (χ1) is 16.4. The second-order valence-electron chi connectivity index (χ2n) is 9.13. The largest absolute Gasteiger partial charge is 0.489 e. The third-order valence-corrected chi connectivity index (χ3v) is 6.62. The Morgan fingerprint density at radius 1 is 1.06 bits per heavy atom. The predicted octanol–water partition coefficient (Wildman–Crippen LogP) is 4.19. The third kappa shape index (κ3) is 5.75. The number of ether oxygens (including phenoxy) is 1. The number of amides is 1. The zero-order valence-corrected chi connectivity index (χ0v) is 20.2. The number of piperidine rings is 1. The van der Waals surface area contributed by atoms with Crippen molar-refractivity contribution in [1.29, 1.82) is 0 Å². The number of hydrogen-bond donors (Lipinski definition) is 1. The van der Waals surface area contributed by atoms with Crippen LogP contribution in [0, 0.1) is 12.8 Å². The molecule has 2 unspecified atom stereocenters. The normalized spacial score (nSPS) is 18.4. The first kappa shape index (κ1) is 23.8. The van der Waals surface area contributed by atoms with Gasteiger partial charge in [0.1, 0.15) is 12.4 Å². The van der Waals surface area contributed by atoms with Crippen LogP contribution in [0.2, 0.25) is 0 Å². The van der Waals surface area contributed by atoms with Crippen LogP contribution < -0.4 is 15.6 Å². The minimum atomic E-state index is -0.177. The summed E-state index contributed by atoms with van der Waals surface area (Å²) in [6, 6.07) is 18.7. The average molecular weight is 460 g/mol. The number of benzene rings is 2. The Morgan fingerprint density at radius 3 is 2.50 bits per heavy atom. The van der Waals surface area contributed by atoms with Crippen molar-refractivity contribution < 1.29 is 9.53 Å². The van der Waals surface area contributed by atoms with Crippen molar-refractivity contribution >= 4 is 5.91 Å². The van der Waals surface area contributed by atoms with Crippen LogP contribution in [0.15, 0.2) is 71.7 Å².